The average molecular weight is 430 g/mol. The third-order valence-electron chi connectivity index (χ3n) is 8.63. The second-order valence-electron chi connectivity index (χ2n) is 10.5. The average Bonchev–Trinajstić information content (AvgIpc) is 3.27. The number of hydrogen-bond donors (Lipinski definition) is 0. The molecule has 0 aromatic carbocycles. The zero-order valence-electron chi connectivity index (χ0n) is 18.5. The maximum Gasteiger partial charge on any atom is 0.330 e. The zero-order valence-corrected chi connectivity index (χ0v) is 19.3. The summed E-state index contributed by atoms with van der Waals surface area (Å²) in [6.45, 7) is 5.60. The van der Waals surface area contributed by atoms with Gasteiger partial charge in [0.05, 0.1) is 4.87 Å². The van der Waals surface area contributed by atoms with Crippen molar-refractivity contribution in [3.8, 4) is 0 Å². The van der Waals surface area contributed by atoms with Gasteiger partial charge in [-0.2, -0.15) is 0 Å². The highest BCUT2D eigenvalue weighted by Gasteiger charge is 2.52. The number of hydrogen-bond acceptors (Lipinski definition) is 4. The van der Waals surface area contributed by atoms with Gasteiger partial charge in [-0.15, -0.1) is 11.8 Å². The van der Waals surface area contributed by atoms with Gasteiger partial charge in [-0.1, -0.05) is 23.8 Å². The molecule has 3 saturated carbocycles. The van der Waals surface area contributed by atoms with Gasteiger partial charge in [0.2, 0.25) is 5.91 Å². The SMILES string of the molecule is CC(=O)N1[C@H](C(=O)OC2CCC3C2CCC2C4C=CCC=C4CCC23)CSC1(C)C. The molecule has 1 aliphatic heterocycles. The molecular weight excluding hydrogens is 394 g/mol. The predicted molar refractivity (Wildman–Crippen MR) is 120 cm³/mol. The van der Waals surface area contributed by atoms with E-state index in [9.17, 15) is 9.59 Å². The molecule has 30 heavy (non-hydrogen) atoms. The molecule has 0 N–H and O–H groups in total. The fourth-order valence-electron chi connectivity index (χ4n) is 7.46. The van der Waals surface area contributed by atoms with E-state index in [4.69, 9.17) is 4.74 Å². The lowest BCUT2D eigenvalue weighted by Crippen LogP contribution is -2.50. The first-order valence-corrected chi connectivity index (χ1v) is 12.9. The van der Waals surface area contributed by atoms with Gasteiger partial charge in [0.15, 0.2) is 0 Å². The van der Waals surface area contributed by atoms with Crippen LogP contribution in [-0.4, -0.2) is 39.5 Å². The van der Waals surface area contributed by atoms with E-state index in [1.807, 2.05) is 13.8 Å². The van der Waals surface area contributed by atoms with Gasteiger partial charge in [-0.05, 0) is 82.5 Å². The van der Waals surface area contributed by atoms with E-state index >= 15 is 0 Å². The van der Waals surface area contributed by atoms with Crippen molar-refractivity contribution in [2.24, 2.45) is 29.6 Å². The van der Waals surface area contributed by atoms with Crippen LogP contribution in [0.2, 0.25) is 0 Å². The number of thioether (sulfide) groups is 1. The molecule has 5 rings (SSSR count). The van der Waals surface area contributed by atoms with Crippen LogP contribution in [0.1, 0.15) is 65.7 Å². The normalized spacial score (nSPS) is 41.5. The second-order valence-corrected chi connectivity index (χ2v) is 12.1. The van der Waals surface area contributed by atoms with Crippen LogP contribution in [0.15, 0.2) is 23.8 Å². The molecule has 1 amide bonds. The van der Waals surface area contributed by atoms with E-state index in [0.717, 1.165) is 24.7 Å². The van der Waals surface area contributed by atoms with Gasteiger partial charge >= 0.3 is 5.97 Å². The van der Waals surface area contributed by atoms with E-state index in [0.29, 0.717) is 23.5 Å². The molecule has 0 bridgehead atoms. The number of esters is 1. The Kier molecular flexibility index (Phi) is 5.32. The van der Waals surface area contributed by atoms with Crippen molar-refractivity contribution >= 4 is 23.6 Å². The first-order chi connectivity index (χ1) is 14.4. The van der Waals surface area contributed by atoms with Crippen molar-refractivity contribution in [2.45, 2.75) is 82.7 Å². The number of nitrogens with zero attached hydrogens (tertiary/aromatic N) is 1. The van der Waals surface area contributed by atoms with E-state index in [-0.39, 0.29) is 22.9 Å². The second kappa shape index (κ2) is 7.72. The Morgan fingerprint density at radius 2 is 1.80 bits per heavy atom. The third kappa shape index (κ3) is 3.36. The first kappa shape index (κ1) is 20.7. The van der Waals surface area contributed by atoms with Gasteiger partial charge in [-0.3, -0.25) is 4.79 Å². The van der Waals surface area contributed by atoms with E-state index in [2.05, 4.69) is 18.2 Å². The molecule has 4 nitrogen and oxygen atoms in total. The van der Waals surface area contributed by atoms with Crippen LogP contribution in [-0.2, 0) is 14.3 Å². The molecule has 1 saturated heterocycles. The topological polar surface area (TPSA) is 46.6 Å². The van der Waals surface area contributed by atoms with Crippen molar-refractivity contribution in [2.75, 3.05) is 5.75 Å². The maximum atomic E-state index is 13.1. The molecule has 164 valence electrons. The largest absolute Gasteiger partial charge is 0.461 e. The lowest BCUT2D eigenvalue weighted by Gasteiger charge is -2.48. The van der Waals surface area contributed by atoms with Crippen molar-refractivity contribution in [3.05, 3.63) is 23.8 Å². The lowest BCUT2D eigenvalue weighted by atomic mass is 9.57. The van der Waals surface area contributed by atoms with Crippen molar-refractivity contribution in [3.63, 3.8) is 0 Å². The minimum Gasteiger partial charge on any atom is -0.461 e. The minimum atomic E-state index is -0.437. The van der Waals surface area contributed by atoms with E-state index in [1.54, 1.807) is 29.2 Å². The number of rotatable bonds is 2. The zero-order chi connectivity index (χ0) is 21.0. The summed E-state index contributed by atoms with van der Waals surface area (Å²) in [5, 5.41) is 0. The molecule has 4 fully saturated rings. The summed E-state index contributed by atoms with van der Waals surface area (Å²) in [4.78, 5) is 26.7. The van der Waals surface area contributed by atoms with Crippen LogP contribution < -0.4 is 0 Å². The lowest BCUT2D eigenvalue weighted by molar-refractivity contribution is -0.162. The van der Waals surface area contributed by atoms with Gasteiger partial charge in [0.1, 0.15) is 12.1 Å². The molecule has 5 aliphatic rings. The van der Waals surface area contributed by atoms with E-state index < -0.39 is 6.04 Å². The summed E-state index contributed by atoms with van der Waals surface area (Å²) in [6, 6.07) is -0.437. The van der Waals surface area contributed by atoms with Crippen molar-refractivity contribution < 1.29 is 14.3 Å². The smallest absolute Gasteiger partial charge is 0.330 e. The monoisotopic (exact) mass is 429 g/mol. The van der Waals surface area contributed by atoms with Gasteiger partial charge in [-0.25, -0.2) is 4.79 Å². The Bertz CT molecular complexity index is 787. The van der Waals surface area contributed by atoms with Gasteiger partial charge in [0.25, 0.3) is 0 Å². The standard InChI is InChI=1S/C25H35NO3S/c1-15(27)26-22(14-30-25(26,2)3)24(28)29-23-13-12-20-19-9-8-16-6-4-5-7-17(16)18(19)10-11-21(20)23/h5-7,17-23H,4,8-14H2,1-3H3/t17?,18?,19?,20?,21?,22-,23?/m0/s1. The quantitative estimate of drug-likeness (QED) is 0.460. The Morgan fingerprint density at radius 3 is 2.60 bits per heavy atom. The highest BCUT2D eigenvalue weighted by atomic mass is 32.2. The van der Waals surface area contributed by atoms with Crippen LogP contribution in [0.25, 0.3) is 0 Å². The maximum absolute atomic E-state index is 13.1. The molecule has 6 unspecified atom stereocenters. The number of allylic oxidation sites excluding steroid dienone is 4. The Labute approximate surface area is 184 Å². The van der Waals surface area contributed by atoms with Gasteiger partial charge < -0.3 is 9.64 Å². The van der Waals surface area contributed by atoms with E-state index in [1.165, 1.54) is 32.1 Å². The Morgan fingerprint density at radius 1 is 1.07 bits per heavy atom. The molecule has 0 spiro atoms. The molecular formula is C25H35NO3S. The molecule has 0 aromatic heterocycles. The number of ether oxygens (including phenoxy) is 1. The fraction of sp³-hybridized carbons (Fsp3) is 0.760. The molecule has 0 aromatic rings. The fourth-order valence-corrected chi connectivity index (χ4v) is 8.70. The van der Waals surface area contributed by atoms with Crippen LogP contribution in [0.3, 0.4) is 0 Å². The molecule has 7 atom stereocenters. The first-order valence-electron chi connectivity index (χ1n) is 11.9. The van der Waals surface area contributed by atoms with Crippen molar-refractivity contribution in [1.29, 1.82) is 0 Å². The van der Waals surface area contributed by atoms with Gasteiger partial charge in [0, 0.05) is 18.6 Å². The summed E-state index contributed by atoms with van der Waals surface area (Å²) in [7, 11) is 0. The summed E-state index contributed by atoms with van der Waals surface area (Å²) in [6.07, 6.45) is 15.7. The van der Waals surface area contributed by atoms with Crippen LogP contribution >= 0.6 is 11.8 Å². The third-order valence-corrected chi connectivity index (χ3v) is 10.0. The van der Waals surface area contributed by atoms with Crippen LogP contribution in [0.4, 0.5) is 0 Å². The molecule has 0 radical (unpaired) electrons. The number of carbonyl (C=O) groups excluding carboxylic acids is 2. The number of fused-ring (bicyclic) bond motifs is 5. The highest BCUT2D eigenvalue weighted by Crippen LogP contribution is 2.56. The summed E-state index contributed by atoms with van der Waals surface area (Å²) < 4.78 is 6.15. The Hall–Kier alpha value is -1.23. The van der Waals surface area contributed by atoms with Crippen molar-refractivity contribution in [1.82, 2.24) is 4.90 Å². The summed E-state index contributed by atoms with van der Waals surface area (Å²) in [5.74, 6) is 3.88. The highest BCUT2D eigenvalue weighted by molar-refractivity contribution is 8.00. The molecule has 4 aliphatic carbocycles. The number of amides is 1. The summed E-state index contributed by atoms with van der Waals surface area (Å²) >= 11 is 1.67. The van der Waals surface area contributed by atoms with Crippen LogP contribution in [0, 0.1) is 29.6 Å². The number of carbonyl (C=O) groups is 2. The molecule has 1 heterocycles. The predicted octanol–water partition coefficient (Wildman–Crippen LogP) is 4.95. The Balaban J connectivity index is 1.26. The molecule has 5 heteroatoms. The summed E-state index contributed by atoms with van der Waals surface area (Å²) in [5.41, 5.74) is 1.68. The minimum absolute atomic E-state index is 0.0386. The van der Waals surface area contributed by atoms with Crippen LogP contribution in [0.5, 0.6) is 0 Å².